The molecule has 0 bridgehead atoms. The maximum atomic E-state index is 12.5. The van der Waals surface area contributed by atoms with E-state index >= 15 is 0 Å². The number of methoxy groups -OCH3 is 1. The molecule has 1 fully saturated rings. The van der Waals surface area contributed by atoms with Gasteiger partial charge in [0.2, 0.25) is 0 Å². The van der Waals surface area contributed by atoms with Crippen LogP contribution in [-0.2, 0) is 6.54 Å². The minimum atomic E-state index is -4.37. The van der Waals surface area contributed by atoms with Gasteiger partial charge in [-0.05, 0) is 36.8 Å². The number of piperazine rings is 1. The third kappa shape index (κ3) is 8.06. The second-order valence-electron chi connectivity index (χ2n) is 8.93. The van der Waals surface area contributed by atoms with Gasteiger partial charge in [0.05, 0.1) is 19.2 Å². The summed E-state index contributed by atoms with van der Waals surface area (Å²) in [4.78, 5) is 18.0. The molecule has 0 amide bonds. The van der Waals surface area contributed by atoms with Crippen LogP contribution in [0.3, 0.4) is 0 Å². The number of carbonyl (C=O) groups is 1. The lowest BCUT2D eigenvalue weighted by Gasteiger charge is -2.34. The Morgan fingerprint density at radius 2 is 1.79 bits per heavy atom. The van der Waals surface area contributed by atoms with Crippen molar-refractivity contribution < 1.29 is 36.6 Å². The van der Waals surface area contributed by atoms with Crippen LogP contribution in [0.4, 0.5) is 27.6 Å². The average Bonchev–Trinajstić information content (AvgIpc) is 3.36. The number of hydrogen-bond acceptors (Lipinski definition) is 5. The molecule has 0 spiro atoms. The Bertz CT molecular complexity index is 1210. The lowest BCUT2D eigenvalue weighted by atomic mass is 10.0. The maximum Gasteiger partial charge on any atom is 0.405 e. The molecule has 0 atom stereocenters. The number of para-hydroxylation sites is 1. The third-order valence-electron chi connectivity index (χ3n) is 6.21. The van der Waals surface area contributed by atoms with Crippen molar-refractivity contribution in [2.75, 3.05) is 51.7 Å². The van der Waals surface area contributed by atoms with E-state index < -0.39 is 25.1 Å². The van der Waals surface area contributed by atoms with E-state index in [9.17, 15) is 26.7 Å². The number of aromatic amines is 1. The lowest BCUT2D eigenvalue weighted by molar-refractivity contribution is -0.115. The minimum absolute atomic E-state index is 0.0395. The zero-order valence-corrected chi connectivity index (χ0v) is 21.1. The highest BCUT2D eigenvalue weighted by Gasteiger charge is 2.27. The molecule has 2 aromatic carbocycles. The summed E-state index contributed by atoms with van der Waals surface area (Å²) in [7, 11) is 1.69. The fourth-order valence-corrected chi connectivity index (χ4v) is 4.35. The Hall–Kier alpha value is -3.38. The number of ether oxygens (including phenoxy) is 1. The van der Waals surface area contributed by atoms with Gasteiger partial charge in [0, 0.05) is 61.1 Å². The molecule has 1 saturated heterocycles. The molecule has 208 valence electrons. The summed E-state index contributed by atoms with van der Waals surface area (Å²) in [6.45, 7) is 4.45. The van der Waals surface area contributed by atoms with Crippen LogP contribution in [0.5, 0.6) is 5.75 Å². The minimum Gasteiger partial charge on any atom is -0.496 e. The average molecular weight is 543 g/mol. The number of hydrogen-bond donors (Lipinski definition) is 3. The molecule has 0 radical (unpaired) electrons. The van der Waals surface area contributed by atoms with Gasteiger partial charge in [0.1, 0.15) is 12.3 Å². The molecule has 1 aromatic heterocycles. The number of alkyl halides is 5. The monoisotopic (exact) mass is 542 g/mol. The molecule has 3 aromatic rings. The molecule has 4 rings (SSSR count). The molecule has 0 aliphatic carbocycles. The summed E-state index contributed by atoms with van der Waals surface area (Å²) >= 11 is 0. The number of rotatable bonds is 8. The number of anilines is 1. The largest absolute Gasteiger partial charge is 0.496 e. The summed E-state index contributed by atoms with van der Waals surface area (Å²) < 4.78 is 66.1. The van der Waals surface area contributed by atoms with Crippen molar-refractivity contribution in [3.63, 3.8) is 0 Å². The van der Waals surface area contributed by atoms with E-state index in [1.165, 1.54) is 29.7 Å². The molecule has 3 N–H and O–H groups in total. The molecule has 0 saturated carbocycles. The lowest BCUT2D eigenvalue weighted by Crippen LogP contribution is -2.47. The summed E-state index contributed by atoms with van der Waals surface area (Å²) in [6, 6.07) is 9.57. The quantitative estimate of drug-likeness (QED) is 0.339. The van der Waals surface area contributed by atoms with Crippen molar-refractivity contribution in [3.05, 3.63) is 59.3 Å². The number of nitrogens with zero attached hydrogens (tertiary/aromatic N) is 2. The number of halogens is 5. The van der Waals surface area contributed by atoms with Gasteiger partial charge in [-0.25, -0.2) is 13.6 Å². The third-order valence-corrected chi connectivity index (χ3v) is 6.21. The summed E-state index contributed by atoms with van der Waals surface area (Å²) in [5.74, 6) is -0.370. The highest BCUT2D eigenvalue weighted by Crippen LogP contribution is 2.31. The number of benzene rings is 2. The predicted octanol–water partition coefficient (Wildman–Crippen LogP) is 5.23. The first-order chi connectivity index (χ1) is 18.0. The zero-order valence-electron chi connectivity index (χ0n) is 21.1. The number of carboxylic acids is 1. The van der Waals surface area contributed by atoms with Crippen molar-refractivity contribution >= 4 is 22.6 Å². The van der Waals surface area contributed by atoms with Crippen LogP contribution in [0.1, 0.15) is 21.5 Å². The van der Waals surface area contributed by atoms with Gasteiger partial charge >= 0.3 is 12.1 Å². The van der Waals surface area contributed by atoms with Crippen LogP contribution >= 0.6 is 0 Å². The highest BCUT2D eigenvalue weighted by atomic mass is 19.4. The number of aryl methyl sites for hydroxylation is 1. The standard InChI is InChI=1S/C17H23F2N3O.C9H8F3NO2/c1-12-9-15(23-2)14(13-3-4-20-17(12)13)10-21-5-7-22(8-6-21)11-16(18)19;10-9(11,12)5-13-7-4-2-1-3-6(7)8(14)15/h3-4,9,16,20H,5-8,10-11H2,1-2H3;1-4,13H,5H2,(H,14,15). The molecule has 12 heteroatoms. The van der Waals surface area contributed by atoms with Crippen LogP contribution < -0.4 is 10.1 Å². The van der Waals surface area contributed by atoms with E-state index in [2.05, 4.69) is 28.9 Å². The number of aromatic carboxylic acids is 1. The molecule has 0 unspecified atom stereocenters. The van der Waals surface area contributed by atoms with E-state index in [-0.39, 0.29) is 17.8 Å². The number of carboxylic acid groups (broad SMARTS) is 1. The van der Waals surface area contributed by atoms with Crippen LogP contribution in [0.2, 0.25) is 0 Å². The smallest absolute Gasteiger partial charge is 0.405 e. The number of fused-ring (bicyclic) bond motifs is 1. The van der Waals surface area contributed by atoms with Gasteiger partial charge in [-0.15, -0.1) is 0 Å². The van der Waals surface area contributed by atoms with Gasteiger partial charge in [-0.2, -0.15) is 13.2 Å². The van der Waals surface area contributed by atoms with E-state index in [1.807, 2.05) is 16.4 Å². The molecule has 38 heavy (non-hydrogen) atoms. The topological polar surface area (TPSA) is 80.8 Å². The highest BCUT2D eigenvalue weighted by molar-refractivity contribution is 5.94. The summed E-state index contributed by atoms with van der Waals surface area (Å²) in [5, 5.41) is 11.9. The van der Waals surface area contributed by atoms with Crippen LogP contribution in [0.15, 0.2) is 42.6 Å². The first-order valence-electron chi connectivity index (χ1n) is 12.0. The van der Waals surface area contributed by atoms with E-state index in [4.69, 9.17) is 9.84 Å². The molecule has 2 heterocycles. The van der Waals surface area contributed by atoms with Gasteiger partial charge in [-0.1, -0.05) is 12.1 Å². The Morgan fingerprint density at radius 1 is 1.13 bits per heavy atom. The van der Waals surface area contributed by atoms with Gasteiger partial charge in [-0.3, -0.25) is 9.80 Å². The Morgan fingerprint density at radius 3 is 2.39 bits per heavy atom. The summed E-state index contributed by atoms with van der Waals surface area (Å²) in [6.07, 6.45) is -4.68. The van der Waals surface area contributed by atoms with Crippen molar-refractivity contribution in [3.8, 4) is 5.75 Å². The zero-order chi connectivity index (χ0) is 27.9. The van der Waals surface area contributed by atoms with Crippen molar-refractivity contribution in [2.24, 2.45) is 0 Å². The number of nitrogens with one attached hydrogen (secondary N) is 2. The molecule has 1 aliphatic heterocycles. The molecular weight excluding hydrogens is 511 g/mol. The van der Waals surface area contributed by atoms with Crippen molar-refractivity contribution in [1.82, 2.24) is 14.8 Å². The van der Waals surface area contributed by atoms with Gasteiger partial charge in [0.15, 0.2) is 0 Å². The molecule has 1 aliphatic rings. The molecule has 7 nitrogen and oxygen atoms in total. The SMILES string of the molecule is COc1cc(C)c2[nH]ccc2c1CN1CCN(CC(F)F)CC1.O=C(O)c1ccccc1NCC(F)(F)F. The van der Waals surface area contributed by atoms with Crippen LogP contribution in [-0.4, -0.2) is 84.8 Å². The van der Waals surface area contributed by atoms with Crippen LogP contribution in [0.25, 0.3) is 10.9 Å². The van der Waals surface area contributed by atoms with Gasteiger partial charge < -0.3 is 20.1 Å². The van der Waals surface area contributed by atoms with E-state index in [1.54, 1.807) is 7.11 Å². The first-order valence-corrected chi connectivity index (χ1v) is 12.0. The Labute approximate surface area is 217 Å². The van der Waals surface area contributed by atoms with E-state index in [0.717, 1.165) is 42.0 Å². The fourth-order valence-electron chi connectivity index (χ4n) is 4.35. The fraction of sp³-hybridized carbons (Fsp3) is 0.423. The Kier molecular flexibility index (Phi) is 9.92. The second kappa shape index (κ2) is 12.9. The van der Waals surface area contributed by atoms with Crippen molar-refractivity contribution in [1.29, 1.82) is 0 Å². The van der Waals surface area contributed by atoms with Crippen LogP contribution in [0, 0.1) is 6.92 Å². The normalized spacial score (nSPS) is 14.8. The number of aromatic nitrogens is 1. The van der Waals surface area contributed by atoms with Crippen molar-refractivity contribution in [2.45, 2.75) is 26.1 Å². The first kappa shape index (κ1) is 29.2. The Balaban J connectivity index is 0.000000232. The van der Waals surface area contributed by atoms with E-state index in [0.29, 0.717) is 13.1 Å². The molecular formula is C26H31F5N4O3. The maximum absolute atomic E-state index is 12.5. The number of H-pyrrole nitrogens is 1. The second-order valence-corrected chi connectivity index (χ2v) is 8.93. The van der Waals surface area contributed by atoms with Gasteiger partial charge in [0.25, 0.3) is 6.43 Å². The predicted molar refractivity (Wildman–Crippen MR) is 135 cm³/mol. The summed E-state index contributed by atoms with van der Waals surface area (Å²) in [5.41, 5.74) is 3.24.